The van der Waals surface area contributed by atoms with Gasteiger partial charge in [-0.3, -0.25) is 0 Å². The Balaban J connectivity index is 1.94. The third-order valence-corrected chi connectivity index (χ3v) is 4.24. The van der Waals surface area contributed by atoms with Gasteiger partial charge in [0.25, 0.3) is 0 Å². The average Bonchev–Trinajstić information content (AvgIpc) is 2.61. The zero-order chi connectivity index (χ0) is 14.5. The lowest BCUT2D eigenvalue weighted by Gasteiger charge is -2.25. The molecule has 104 valence electrons. The van der Waals surface area contributed by atoms with Crippen LogP contribution in [0.4, 0.5) is 11.4 Å². The highest BCUT2D eigenvalue weighted by atomic mass is 16.5. The highest BCUT2D eigenvalue weighted by Gasteiger charge is 2.21. The molecule has 0 aliphatic carbocycles. The van der Waals surface area contributed by atoms with E-state index < -0.39 is 0 Å². The molecule has 2 nitrogen and oxygen atoms in total. The number of ether oxygens (including phenoxy) is 1. The topological polar surface area (TPSA) is 21.3 Å². The fraction of sp³-hybridized carbons (Fsp3) is 0. The molecule has 1 aliphatic heterocycles. The number of fused-ring (bicyclic) bond motifs is 7. The van der Waals surface area contributed by atoms with Crippen molar-refractivity contribution in [3.63, 3.8) is 0 Å². The van der Waals surface area contributed by atoms with Crippen molar-refractivity contribution >= 4 is 32.9 Å². The van der Waals surface area contributed by atoms with Crippen LogP contribution in [0.15, 0.2) is 72.8 Å². The predicted molar refractivity (Wildman–Crippen MR) is 91.3 cm³/mol. The SMILES string of the molecule is c1ccc2c(c1)Nc1c(c3ccccc3c3ccccc13)O2. The van der Waals surface area contributed by atoms with E-state index in [2.05, 4.69) is 53.8 Å². The van der Waals surface area contributed by atoms with E-state index in [0.717, 1.165) is 28.3 Å². The molecule has 4 aromatic carbocycles. The van der Waals surface area contributed by atoms with Gasteiger partial charge >= 0.3 is 0 Å². The van der Waals surface area contributed by atoms with Gasteiger partial charge in [-0.05, 0) is 22.9 Å². The van der Waals surface area contributed by atoms with E-state index in [1.807, 2.05) is 24.3 Å². The van der Waals surface area contributed by atoms with Crippen molar-refractivity contribution in [1.82, 2.24) is 0 Å². The van der Waals surface area contributed by atoms with E-state index in [1.54, 1.807) is 0 Å². The summed E-state index contributed by atoms with van der Waals surface area (Å²) in [6.45, 7) is 0. The van der Waals surface area contributed by atoms with Gasteiger partial charge in [0.2, 0.25) is 0 Å². The Labute approximate surface area is 128 Å². The molecule has 0 amide bonds. The summed E-state index contributed by atoms with van der Waals surface area (Å²) in [5.74, 6) is 1.78. The molecule has 0 radical (unpaired) electrons. The van der Waals surface area contributed by atoms with E-state index in [9.17, 15) is 0 Å². The Morgan fingerprint density at radius 1 is 0.591 bits per heavy atom. The second-order valence-electron chi connectivity index (χ2n) is 5.52. The molecular weight excluding hydrogens is 270 g/mol. The molecule has 1 aliphatic rings. The molecule has 1 N–H and O–H groups in total. The molecule has 22 heavy (non-hydrogen) atoms. The number of para-hydroxylation sites is 2. The van der Waals surface area contributed by atoms with Crippen LogP contribution >= 0.6 is 0 Å². The number of hydrogen-bond acceptors (Lipinski definition) is 2. The minimum absolute atomic E-state index is 0.871. The minimum Gasteiger partial charge on any atom is -0.452 e. The maximum Gasteiger partial charge on any atom is 0.159 e. The monoisotopic (exact) mass is 283 g/mol. The lowest BCUT2D eigenvalue weighted by atomic mass is 9.98. The highest BCUT2D eigenvalue weighted by molar-refractivity contribution is 6.18. The molecule has 0 spiro atoms. The first kappa shape index (κ1) is 11.6. The van der Waals surface area contributed by atoms with E-state index in [0.29, 0.717) is 0 Å². The van der Waals surface area contributed by atoms with Gasteiger partial charge in [-0.25, -0.2) is 0 Å². The van der Waals surface area contributed by atoms with Crippen molar-refractivity contribution in [1.29, 1.82) is 0 Å². The van der Waals surface area contributed by atoms with Crippen molar-refractivity contribution in [2.75, 3.05) is 5.32 Å². The van der Waals surface area contributed by atoms with Gasteiger partial charge in [-0.15, -0.1) is 0 Å². The molecular formula is C20H13NO. The predicted octanol–water partition coefficient (Wildman–Crippen LogP) is 5.84. The van der Waals surface area contributed by atoms with Crippen LogP contribution < -0.4 is 10.1 Å². The Kier molecular flexibility index (Phi) is 2.25. The first-order valence-corrected chi connectivity index (χ1v) is 7.39. The van der Waals surface area contributed by atoms with E-state index in [1.165, 1.54) is 16.2 Å². The summed E-state index contributed by atoms with van der Waals surface area (Å²) in [5.41, 5.74) is 2.06. The zero-order valence-electron chi connectivity index (χ0n) is 11.8. The normalized spacial score (nSPS) is 12.4. The van der Waals surface area contributed by atoms with Gasteiger partial charge in [0.05, 0.1) is 11.4 Å². The van der Waals surface area contributed by atoms with Crippen molar-refractivity contribution in [3.05, 3.63) is 72.8 Å². The van der Waals surface area contributed by atoms with Crippen LogP contribution in [0, 0.1) is 0 Å². The number of nitrogens with one attached hydrogen (secondary N) is 1. The largest absolute Gasteiger partial charge is 0.452 e. The van der Waals surface area contributed by atoms with Crippen LogP contribution in [0.2, 0.25) is 0 Å². The Morgan fingerprint density at radius 3 is 2.00 bits per heavy atom. The standard InChI is InChI=1S/C20H13NO/c1-3-9-15-13(7-1)14-8-2-4-10-16(14)20-19(15)21-17-11-5-6-12-18(17)22-20/h1-12,21H. The molecule has 2 heteroatoms. The summed E-state index contributed by atoms with van der Waals surface area (Å²) in [5, 5.41) is 8.34. The van der Waals surface area contributed by atoms with Gasteiger partial charge in [-0.2, -0.15) is 0 Å². The van der Waals surface area contributed by atoms with E-state index in [4.69, 9.17) is 4.74 Å². The summed E-state index contributed by atoms with van der Waals surface area (Å²) < 4.78 is 6.24. The van der Waals surface area contributed by atoms with Gasteiger partial charge in [0.1, 0.15) is 0 Å². The summed E-state index contributed by atoms with van der Waals surface area (Å²) >= 11 is 0. The fourth-order valence-electron chi connectivity index (χ4n) is 3.24. The maximum atomic E-state index is 6.24. The molecule has 0 unspecified atom stereocenters. The first-order valence-electron chi connectivity index (χ1n) is 7.39. The lowest BCUT2D eigenvalue weighted by molar-refractivity contribution is 0.487. The van der Waals surface area contributed by atoms with Crippen LogP contribution in [0.1, 0.15) is 0 Å². The van der Waals surface area contributed by atoms with Crippen molar-refractivity contribution < 1.29 is 4.74 Å². The summed E-state index contributed by atoms with van der Waals surface area (Å²) in [6.07, 6.45) is 0. The highest BCUT2D eigenvalue weighted by Crippen LogP contribution is 2.49. The number of rotatable bonds is 0. The second-order valence-corrected chi connectivity index (χ2v) is 5.52. The van der Waals surface area contributed by atoms with Gasteiger partial charge in [0.15, 0.2) is 11.5 Å². The molecule has 0 fully saturated rings. The molecule has 0 bridgehead atoms. The Morgan fingerprint density at radius 2 is 1.18 bits per heavy atom. The van der Waals surface area contributed by atoms with Gasteiger partial charge in [0, 0.05) is 10.8 Å². The zero-order valence-corrected chi connectivity index (χ0v) is 11.8. The molecule has 0 saturated carbocycles. The smallest absolute Gasteiger partial charge is 0.159 e. The molecule has 0 saturated heterocycles. The van der Waals surface area contributed by atoms with Crippen molar-refractivity contribution in [2.24, 2.45) is 0 Å². The Hall–Kier alpha value is -3.00. The van der Waals surface area contributed by atoms with Gasteiger partial charge in [-0.1, -0.05) is 60.7 Å². The van der Waals surface area contributed by atoms with E-state index in [-0.39, 0.29) is 0 Å². The van der Waals surface area contributed by atoms with Crippen LogP contribution in [-0.2, 0) is 0 Å². The van der Waals surface area contributed by atoms with Gasteiger partial charge < -0.3 is 10.1 Å². The third kappa shape index (κ3) is 1.49. The van der Waals surface area contributed by atoms with Crippen LogP contribution in [0.3, 0.4) is 0 Å². The van der Waals surface area contributed by atoms with Crippen LogP contribution in [-0.4, -0.2) is 0 Å². The first-order chi connectivity index (χ1) is 10.9. The quantitative estimate of drug-likeness (QED) is 0.360. The summed E-state index contributed by atoms with van der Waals surface area (Å²) in [4.78, 5) is 0. The van der Waals surface area contributed by atoms with Crippen molar-refractivity contribution in [3.8, 4) is 11.5 Å². The maximum absolute atomic E-state index is 6.24. The average molecular weight is 283 g/mol. The molecule has 5 rings (SSSR count). The molecule has 4 aromatic rings. The Bertz CT molecular complexity index is 952. The van der Waals surface area contributed by atoms with Crippen molar-refractivity contribution in [2.45, 2.75) is 0 Å². The minimum atomic E-state index is 0.871. The van der Waals surface area contributed by atoms with E-state index >= 15 is 0 Å². The molecule has 0 aromatic heterocycles. The summed E-state index contributed by atoms with van der Waals surface area (Å²) in [6, 6.07) is 24.9. The second kappa shape index (κ2) is 4.25. The number of hydrogen-bond donors (Lipinski definition) is 1. The van der Waals surface area contributed by atoms with Crippen LogP contribution in [0.5, 0.6) is 11.5 Å². The lowest BCUT2D eigenvalue weighted by Crippen LogP contribution is -2.04. The summed E-state index contributed by atoms with van der Waals surface area (Å²) in [7, 11) is 0. The third-order valence-electron chi connectivity index (χ3n) is 4.24. The number of benzene rings is 4. The fourth-order valence-corrected chi connectivity index (χ4v) is 3.24. The van der Waals surface area contributed by atoms with Crippen LogP contribution in [0.25, 0.3) is 21.5 Å². The molecule has 1 heterocycles. The number of anilines is 2. The molecule has 0 atom stereocenters.